The van der Waals surface area contributed by atoms with Gasteiger partial charge in [-0.2, -0.15) is 18.3 Å². The second-order valence-electron chi connectivity index (χ2n) is 4.36. The Balaban J connectivity index is 2.03. The molecule has 22 heavy (non-hydrogen) atoms. The zero-order valence-corrected chi connectivity index (χ0v) is 11.1. The van der Waals surface area contributed by atoms with E-state index in [1.54, 1.807) is 6.07 Å². The average Bonchev–Trinajstić information content (AvgIpc) is 2.47. The van der Waals surface area contributed by atoms with Crippen LogP contribution in [-0.4, -0.2) is 12.2 Å². The zero-order valence-electron chi connectivity index (χ0n) is 11.1. The van der Waals surface area contributed by atoms with Crippen LogP contribution in [0.5, 0.6) is 0 Å². The summed E-state index contributed by atoms with van der Waals surface area (Å²) in [5.41, 5.74) is 2.74. The number of halogens is 3. The van der Waals surface area contributed by atoms with Crippen LogP contribution in [0.2, 0.25) is 0 Å². The second-order valence-corrected chi connectivity index (χ2v) is 4.36. The van der Waals surface area contributed by atoms with Crippen molar-refractivity contribution in [2.24, 2.45) is 5.10 Å². The summed E-state index contributed by atoms with van der Waals surface area (Å²) in [5, 5.41) is 14.5. The maximum atomic E-state index is 12.4. The highest BCUT2D eigenvalue weighted by Crippen LogP contribution is 2.28. The van der Waals surface area contributed by atoms with Crippen LogP contribution < -0.4 is 10.5 Å². The number of carboxylic acid groups (broad SMARTS) is 1. The van der Waals surface area contributed by atoms with E-state index in [1.165, 1.54) is 36.5 Å². The highest BCUT2D eigenvalue weighted by molar-refractivity contribution is 5.87. The number of carbonyl (C=O) groups excluding carboxylic acids is 1. The van der Waals surface area contributed by atoms with Gasteiger partial charge in [0.15, 0.2) is 0 Å². The van der Waals surface area contributed by atoms with Crippen molar-refractivity contribution in [2.75, 3.05) is 5.43 Å². The van der Waals surface area contributed by atoms with E-state index in [1.807, 2.05) is 0 Å². The number of benzene rings is 2. The van der Waals surface area contributed by atoms with E-state index in [0.29, 0.717) is 11.3 Å². The number of rotatable bonds is 4. The molecule has 0 amide bonds. The fourth-order valence-electron chi connectivity index (χ4n) is 1.66. The first-order valence-electron chi connectivity index (χ1n) is 6.14. The van der Waals surface area contributed by atoms with E-state index in [9.17, 15) is 23.1 Å². The molecule has 114 valence electrons. The molecule has 0 aliphatic heterocycles. The molecule has 2 aromatic rings. The van der Waals surface area contributed by atoms with Gasteiger partial charge < -0.3 is 9.90 Å². The smallest absolute Gasteiger partial charge is 0.416 e. The molecule has 0 atom stereocenters. The number of hydrogen-bond acceptors (Lipinski definition) is 4. The van der Waals surface area contributed by atoms with E-state index < -0.39 is 17.7 Å². The number of anilines is 1. The van der Waals surface area contributed by atoms with Gasteiger partial charge in [-0.1, -0.05) is 24.3 Å². The molecule has 0 spiro atoms. The first-order chi connectivity index (χ1) is 10.4. The van der Waals surface area contributed by atoms with Crippen LogP contribution in [0.4, 0.5) is 18.9 Å². The van der Waals surface area contributed by atoms with Gasteiger partial charge in [-0.15, -0.1) is 0 Å². The molecule has 0 bridgehead atoms. The molecule has 4 nitrogen and oxygen atoms in total. The standard InChI is InChI=1S/C15H11F3N2O2/c16-15(17,18)12-6-4-10(5-7-12)9-19-20-13-3-1-2-11(8-13)14(21)22/h1-9,20H,(H,21,22)/p-1/b19-9-. The molecule has 0 fully saturated rings. The van der Waals surface area contributed by atoms with Crippen molar-refractivity contribution >= 4 is 17.9 Å². The van der Waals surface area contributed by atoms with Crippen molar-refractivity contribution in [3.05, 3.63) is 65.2 Å². The van der Waals surface area contributed by atoms with Crippen LogP contribution in [0.3, 0.4) is 0 Å². The van der Waals surface area contributed by atoms with E-state index >= 15 is 0 Å². The molecule has 7 heteroatoms. The average molecular weight is 307 g/mol. The number of nitrogens with one attached hydrogen (secondary N) is 1. The molecule has 2 aromatic carbocycles. The first kappa shape index (κ1) is 15.6. The summed E-state index contributed by atoms with van der Waals surface area (Å²) < 4.78 is 37.2. The van der Waals surface area contributed by atoms with Crippen LogP contribution in [0.25, 0.3) is 0 Å². The Bertz CT molecular complexity index is 695. The number of hydrazone groups is 1. The molecule has 0 aliphatic carbocycles. The lowest BCUT2D eigenvalue weighted by Gasteiger charge is -2.06. The topological polar surface area (TPSA) is 64.5 Å². The summed E-state index contributed by atoms with van der Waals surface area (Å²) in [6.07, 6.45) is -3.05. The minimum atomic E-state index is -4.38. The molecule has 0 radical (unpaired) electrons. The summed E-state index contributed by atoms with van der Waals surface area (Å²) in [6, 6.07) is 10.3. The second kappa shape index (κ2) is 6.30. The maximum Gasteiger partial charge on any atom is 0.416 e. The van der Waals surface area contributed by atoms with Gasteiger partial charge in [0.25, 0.3) is 0 Å². The fraction of sp³-hybridized carbons (Fsp3) is 0.0667. The van der Waals surface area contributed by atoms with Gasteiger partial charge in [0.05, 0.1) is 23.4 Å². The Labute approximate surface area is 123 Å². The van der Waals surface area contributed by atoms with Crippen molar-refractivity contribution in [1.29, 1.82) is 0 Å². The molecule has 0 saturated carbocycles. The van der Waals surface area contributed by atoms with Crippen LogP contribution >= 0.6 is 0 Å². The largest absolute Gasteiger partial charge is 0.545 e. The Hall–Kier alpha value is -2.83. The van der Waals surface area contributed by atoms with Crippen molar-refractivity contribution in [2.45, 2.75) is 6.18 Å². The van der Waals surface area contributed by atoms with Crippen molar-refractivity contribution in [1.82, 2.24) is 0 Å². The van der Waals surface area contributed by atoms with Gasteiger partial charge in [0, 0.05) is 0 Å². The van der Waals surface area contributed by atoms with Crippen LogP contribution in [0.1, 0.15) is 21.5 Å². The summed E-state index contributed by atoms with van der Waals surface area (Å²) in [6.45, 7) is 0. The van der Waals surface area contributed by atoms with Crippen LogP contribution in [0, 0.1) is 0 Å². The van der Waals surface area contributed by atoms with Crippen LogP contribution in [-0.2, 0) is 6.18 Å². The summed E-state index contributed by atoms with van der Waals surface area (Å²) in [4.78, 5) is 10.7. The Morgan fingerprint density at radius 3 is 2.41 bits per heavy atom. The summed E-state index contributed by atoms with van der Waals surface area (Å²) in [7, 11) is 0. The number of hydrogen-bond donors (Lipinski definition) is 1. The molecule has 0 aliphatic rings. The van der Waals surface area contributed by atoms with Crippen molar-refractivity contribution in [3.8, 4) is 0 Å². The highest BCUT2D eigenvalue weighted by Gasteiger charge is 2.29. The summed E-state index contributed by atoms with van der Waals surface area (Å²) in [5.74, 6) is -1.31. The quantitative estimate of drug-likeness (QED) is 0.697. The number of aromatic carboxylic acids is 1. The Morgan fingerprint density at radius 1 is 1.14 bits per heavy atom. The molecular weight excluding hydrogens is 297 g/mol. The first-order valence-corrected chi connectivity index (χ1v) is 6.14. The lowest BCUT2D eigenvalue weighted by molar-refractivity contribution is -0.255. The molecular formula is C15H10F3N2O2-. The monoisotopic (exact) mass is 307 g/mol. The Kier molecular flexibility index (Phi) is 4.45. The minimum Gasteiger partial charge on any atom is -0.545 e. The van der Waals surface area contributed by atoms with Crippen LogP contribution in [0.15, 0.2) is 53.6 Å². The molecule has 0 aromatic heterocycles. The number of nitrogens with zero attached hydrogens (tertiary/aromatic N) is 1. The highest BCUT2D eigenvalue weighted by atomic mass is 19.4. The van der Waals surface area contributed by atoms with E-state index in [2.05, 4.69) is 10.5 Å². The lowest BCUT2D eigenvalue weighted by Crippen LogP contribution is -2.22. The van der Waals surface area contributed by atoms with Gasteiger partial charge in [-0.3, -0.25) is 5.43 Å². The molecule has 0 heterocycles. The number of alkyl halides is 3. The van der Waals surface area contributed by atoms with Gasteiger partial charge in [0.2, 0.25) is 0 Å². The minimum absolute atomic E-state index is 0.00488. The van der Waals surface area contributed by atoms with Gasteiger partial charge in [-0.25, -0.2) is 0 Å². The predicted molar refractivity (Wildman–Crippen MR) is 73.4 cm³/mol. The number of carboxylic acids is 1. The summed E-state index contributed by atoms with van der Waals surface area (Å²) >= 11 is 0. The lowest BCUT2D eigenvalue weighted by atomic mass is 10.1. The normalized spacial score (nSPS) is 11.6. The third-order valence-corrected chi connectivity index (χ3v) is 2.74. The van der Waals surface area contributed by atoms with Crippen molar-refractivity contribution < 1.29 is 23.1 Å². The van der Waals surface area contributed by atoms with E-state index in [4.69, 9.17) is 0 Å². The molecule has 0 unspecified atom stereocenters. The predicted octanol–water partition coefficient (Wildman–Crippen LogP) is 2.51. The fourth-order valence-corrected chi connectivity index (χ4v) is 1.66. The van der Waals surface area contributed by atoms with E-state index in [0.717, 1.165) is 12.1 Å². The number of carbonyl (C=O) groups is 1. The maximum absolute atomic E-state index is 12.4. The van der Waals surface area contributed by atoms with Gasteiger partial charge in [0.1, 0.15) is 0 Å². The molecule has 1 N–H and O–H groups in total. The van der Waals surface area contributed by atoms with E-state index in [-0.39, 0.29) is 5.56 Å². The zero-order chi connectivity index (χ0) is 16.2. The SMILES string of the molecule is O=C([O-])c1cccc(N/N=C\c2ccc(C(F)(F)F)cc2)c1. The van der Waals surface area contributed by atoms with Gasteiger partial charge in [-0.05, 0) is 35.4 Å². The van der Waals surface area contributed by atoms with Crippen molar-refractivity contribution in [3.63, 3.8) is 0 Å². The molecule has 2 rings (SSSR count). The molecule has 0 saturated heterocycles. The third kappa shape index (κ3) is 4.08. The Morgan fingerprint density at radius 2 is 1.82 bits per heavy atom. The third-order valence-electron chi connectivity index (χ3n) is 2.74. The van der Waals surface area contributed by atoms with Gasteiger partial charge >= 0.3 is 6.18 Å².